The number of amides is 5. The molecule has 0 spiro atoms. The summed E-state index contributed by atoms with van der Waals surface area (Å²) in [7, 11) is 1.67. The van der Waals surface area contributed by atoms with Crippen LogP contribution >= 0.6 is 11.6 Å². The van der Waals surface area contributed by atoms with Gasteiger partial charge in [-0.2, -0.15) is 0 Å². The number of rotatable bonds is 36. The van der Waals surface area contributed by atoms with Gasteiger partial charge in [-0.15, -0.1) is 0 Å². The van der Waals surface area contributed by atoms with Gasteiger partial charge in [0.05, 0.1) is 7.11 Å². The summed E-state index contributed by atoms with van der Waals surface area (Å²) >= 11 is 6.38. The van der Waals surface area contributed by atoms with E-state index in [1.54, 1.807) is 19.2 Å². The molecule has 5 amide bonds. The van der Waals surface area contributed by atoms with E-state index < -0.39 is 0 Å². The maximum Gasteiger partial charge on any atom is 0.267 e. The molecule has 0 saturated carbocycles. The van der Waals surface area contributed by atoms with E-state index in [-0.39, 0.29) is 65.6 Å². The molecule has 0 radical (unpaired) electrons. The number of methoxy groups -OCH3 is 1. The Morgan fingerprint density at radius 1 is 0.313 bits per heavy atom. The number of carbonyl (C=O) groups excluding carboxylic acids is 5. The lowest BCUT2D eigenvalue weighted by molar-refractivity contribution is 0.0938. The van der Waals surface area contributed by atoms with Crippen molar-refractivity contribution in [2.75, 3.05) is 72.6 Å². The number of aromatic amines is 5. The standard InChI is InChI=1S/C22H28N4O2.C21H25ClN4O.C21H25FN4O.2C21H26N4O/c1-14-5-6-16(12-21(14)28-2)15-7-8-17-11-20(26-19(17)10-15)22(27)25-13-18(24)4-3-9-23;2*1-13-4-7-17(18(22)9-13)14-5-6-15-11-20(26-19(15)10-14)21(27)25-12-16(24)3-2-8-23;1-14-4-2-5-15(10-14)16-7-8-17-12-20(25-19(17)11-16)21(26)24-13-18(23)6-3-9-22;1-14-4-6-15(7-5-14)16-8-9-17-12-20(25-19(17)11-16)21(26)24-13-18(23)3-2-10-22/h5-8,10-12,18,26H,3-4,9,13,23-24H2,1-2H3,(H,25,27);2*4-7,9-11,16,26H,2-3,8,12,23-24H2,1H3,(H,25,27);2,4-5,7-8,10-12,18,25H,3,6,9,13,22-23H2,1H3,(H,24,26);4-9,11-12,18,25H,2-3,10,13,22-23H2,1H3,(H,24,26)/t18-;2*16-;2*18-/m00000/s1. The first-order valence-electron chi connectivity index (χ1n) is 45.8. The Morgan fingerprint density at radius 3 is 0.918 bits per heavy atom. The van der Waals surface area contributed by atoms with Gasteiger partial charge in [0, 0.05) is 134 Å². The first-order valence-corrected chi connectivity index (χ1v) is 46.1. The number of aromatic nitrogens is 5. The molecule has 0 bridgehead atoms. The third-order valence-electron chi connectivity index (χ3n) is 23.2. The molecule has 704 valence electrons. The molecule has 0 aliphatic rings. The highest BCUT2D eigenvalue weighted by molar-refractivity contribution is 6.33. The molecular weight excluding hydrogens is 1700 g/mol. The predicted molar refractivity (Wildman–Crippen MR) is 547 cm³/mol. The van der Waals surface area contributed by atoms with Crippen LogP contribution in [0.15, 0.2) is 224 Å². The lowest BCUT2D eigenvalue weighted by Crippen LogP contribution is -2.37. The Morgan fingerprint density at radius 2 is 0.590 bits per heavy atom. The zero-order valence-electron chi connectivity index (χ0n) is 77.4. The molecule has 10 aromatic carbocycles. The number of hydrogen-bond donors (Lipinski definition) is 20. The minimum atomic E-state index is -0.259. The number of nitrogens with two attached hydrogens (primary N) is 10. The van der Waals surface area contributed by atoms with Crippen molar-refractivity contribution in [2.24, 2.45) is 57.3 Å². The van der Waals surface area contributed by atoms with E-state index in [2.05, 4.69) is 144 Å². The van der Waals surface area contributed by atoms with Crippen LogP contribution in [0.1, 0.15) is 144 Å². The van der Waals surface area contributed by atoms with Gasteiger partial charge in [0.1, 0.15) is 40.0 Å². The van der Waals surface area contributed by atoms with Gasteiger partial charge in [0.25, 0.3) is 29.5 Å². The summed E-state index contributed by atoms with van der Waals surface area (Å²) in [6, 6.07) is 73.0. The van der Waals surface area contributed by atoms with Crippen molar-refractivity contribution in [1.29, 1.82) is 0 Å². The summed E-state index contributed by atoms with van der Waals surface area (Å²) in [5, 5.41) is 20.0. The average molecular weight is 1830 g/mol. The molecule has 30 N–H and O–H groups in total. The molecule has 5 heterocycles. The largest absolute Gasteiger partial charge is 0.496 e. The van der Waals surface area contributed by atoms with Crippen molar-refractivity contribution in [1.82, 2.24) is 51.5 Å². The number of hydrogen-bond acceptors (Lipinski definition) is 16. The minimum Gasteiger partial charge on any atom is -0.496 e. The van der Waals surface area contributed by atoms with Crippen LogP contribution in [-0.4, -0.2) is 157 Å². The van der Waals surface area contributed by atoms with Crippen molar-refractivity contribution in [3.63, 3.8) is 0 Å². The third kappa shape index (κ3) is 29.2. The Bertz CT molecular complexity index is 6280. The van der Waals surface area contributed by atoms with Crippen molar-refractivity contribution in [3.05, 3.63) is 292 Å². The molecule has 0 unspecified atom stereocenters. The zero-order valence-corrected chi connectivity index (χ0v) is 78.1. The molecule has 0 aliphatic carbocycles. The fourth-order valence-electron chi connectivity index (χ4n) is 15.4. The molecule has 0 aliphatic heterocycles. The van der Waals surface area contributed by atoms with Crippen LogP contribution in [0.5, 0.6) is 5.75 Å². The number of nitrogens with one attached hydrogen (secondary N) is 10. The van der Waals surface area contributed by atoms with Gasteiger partial charge < -0.3 is 114 Å². The van der Waals surface area contributed by atoms with Crippen LogP contribution in [0, 0.1) is 40.4 Å². The van der Waals surface area contributed by atoms with E-state index in [1.807, 2.05) is 148 Å². The quantitative estimate of drug-likeness (QED) is 0.0173. The Labute approximate surface area is 787 Å². The first kappa shape index (κ1) is 101. The third-order valence-corrected chi connectivity index (χ3v) is 23.5. The number of H-pyrrole nitrogens is 5. The van der Waals surface area contributed by atoms with Gasteiger partial charge in [-0.3, -0.25) is 24.0 Å². The number of aryl methyl sites for hydroxylation is 5. The lowest BCUT2D eigenvalue weighted by Gasteiger charge is -2.11. The molecule has 5 atom stereocenters. The number of benzene rings is 10. The molecule has 15 rings (SSSR count). The molecule has 0 fully saturated rings. The normalized spacial score (nSPS) is 12.3. The maximum absolute atomic E-state index is 14.2. The predicted octanol–water partition coefficient (Wildman–Crippen LogP) is 15.5. The summed E-state index contributed by atoms with van der Waals surface area (Å²) in [4.78, 5) is 77.8. The molecule has 26 nitrogen and oxygen atoms in total. The molecule has 5 aromatic heterocycles. The molecule has 15 aromatic rings. The SMILES string of the molecule is COc1cc(-c2ccc3cc(C(=O)NC[C@@H](N)CCCN)[nH]c3c2)ccc1C.Cc1ccc(-c2ccc3cc(C(=O)NC[C@@H](N)CCCN)[nH]c3c2)c(Cl)c1.Cc1ccc(-c2ccc3cc(C(=O)NC[C@@H](N)CCCN)[nH]c3c2)c(F)c1.Cc1ccc(-c2ccc3cc(C(=O)NC[C@@H](N)CCCN)[nH]c3c2)cc1.Cc1cccc(-c2ccc3cc(C(=O)NC[C@@H](N)CCCN)[nH]c3c2)c1. The van der Waals surface area contributed by atoms with E-state index in [1.165, 1.54) is 22.8 Å². The van der Waals surface area contributed by atoms with Crippen LogP contribution in [-0.2, 0) is 0 Å². The molecule has 134 heavy (non-hydrogen) atoms. The zero-order chi connectivity index (χ0) is 95.9. The Hall–Kier alpha value is -13.1. The van der Waals surface area contributed by atoms with Crippen molar-refractivity contribution in [2.45, 2.75) is 129 Å². The van der Waals surface area contributed by atoms with Crippen LogP contribution in [0.25, 0.3) is 110 Å². The van der Waals surface area contributed by atoms with E-state index in [0.29, 0.717) is 105 Å². The molecule has 0 saturated heterocycles. The van der Waals surface area contributed by atoms with Gasteiger partial charge in [0.2, 0.25) is 0 Å². The number of fused-ring (bicyclic) bond motifs is 5. The summed E-state index contributed by atoms with van der Waals surface area (Å²) in [6.07, 6.45) is 8.26. The van der Waals surface area contributed by atoms with Gasteiger partial charge >= 0.3 is 0 Å². The molecule has 28 heteroatoms. The summed E-state index contributed by atoms with van der Waals surface area (Å²) < 4.78 is 19.7. The van der Waals surface area contributed by atoms with E-state index >= 15 is 0 Å². The summed E-state index contributed by atoms with van der Waals surface area (Å²) in [5.41, 5.74) is 79.9. The second kappa shape index (κ2) is 50.1. The van der Waals surface area contributed by atoms with Crippen LogP contribution in [0.2, 0.25) is 5.02 Å². The van der Waals surface area contributed by atoms with Crippen LogP contribution < -0.4 is 88.7 Å². The molecular formula is C106H130ClFN20O6. The number of carbonyl (C=O) groups is 5. The fourth-order valence-corrected chi connectivity index (χ4v) is 15.7. The second-order valence-electron chi connectivity index (χ2n) is 34.3. The smallest absolute Gasteiger partial charge is 0.267 e. The van der Waals surface area contributed by atoms with Crippen LogP contribution in [0.4, 0.5) is 4.39 Å². The fraction of sp³-hybridized carbons (Fsp3) is 0.292. The first-order chi connectivity index (χ1) is 64.6. The number of ether oxygens (including phenoxy) is 1. The summed E-state index contributed by atoms with van der Waals surface area (Å²) in [6.45, 7) is 15.2. The Kier molecular flexibility index (Phi) is 37.9. The van der Waals surface area contributed by atoms with Gasteiger partial charge in [-0.25, -0.2) is 4.39 Å². The van der Waals surface area contributed by atoms with E-state index in [4.69, 9.17) is 73.7 Å². The highest BCUT2D eigenvalue weighted by Crippen LogP contribution is 2.35. The van der Waals surface area contributed by atoms with Gasteiger partial charge in [0.15, 0.2) is 0 Å². The maximum atomic E-state index is 14.2. The van der Waals surface area contributed by atoms with Crippen LogP contribution in [0.3, 0.4) is 0 Å². The number of halogens is 2. The van der Waals surface area contributed by atoms with Crippen molar-refractivity contribution < 1.29 is 33.1 Å². The van der Waals surface area contributed by atoms with E-state index in [9.17, 15) is 28.4 Å². The Balaban J connectivity index is 0.000000161. The highest BCUT2D eigenvalue weighted by Gasteiger charge is 2.20. The lowest BCUT2D eigenvalue weighted by atomic mass is 10.0. The topological polar surface area (TPSA) is 494 Å². The summed E-state index contributed by atoms with van der Waals surface area (Å²) in [5.74, 6) is -0.206. The van der Waals surface area contributed by atoms with Gasteiger partial charge in [-0.1, -0.05) is 168 Å². The van der Waals surface area contributed by atoms with E-state index in [0.717, 1.165) is 186 Å². The second-order valence-corrected chi connectivity index (χ2v) is 34.7. The van der Waals surface area contributed by atoms with Gasteiger partial charge in [-0.05, 0) is 272 Å². The van der Waals surface area contributed by atoms with Crippen molar-refractivity contribution >= 4 is 95.7 Å². The highest BCUT2D eigenvalue weighted by atomic mass is 35.5. The monoisotopic (exact) mass is 1830 g/mol. The van der Waals surface area contributed by atoms with Crippen molar-refractivity contribution in [3.8, 4) is 61.4 Å². The minimum absolute atomic E-state index is 0.0694. The average Bonchev–Trinajstić information content (AvgIpc) is 1.65.